The Morgan fingerprint density at radius 3 is 2.81 bits per heavy atom. The molecule has 0 unspecified atom stereocenters. The van der Waals surface area contributed by atoms with Crippen molar-refractivity contribution >= 4 is 17.8 Å². The van der Waals surface area contributed by atoms with E-state index in [0.717, 1.165) is 17.8 Å². The van der Waals surface area contributed by atoms with Gasteiger partial charge in [0, 0.05) is 19.2 Å². The Balaban J connectivity index is 2.79. The Morgan fingerprint density at radius 2 is 2.25 bits per heavy atom. The standard InChI is InChI=1S/C12H17N3O/c1-9-11(5-4-8-13-3)6-7-12(14-9)15-10(2)16/h4-7,13H,8H2,1-3H3,(H,14,15,16). The highest BCUT2D eigenvalue weighted by molar-refractivity contribution is 5.87. The van der Waals surface area contributed by atoms with Gasteiger partial charge in [-0.3, -0.25) is 4.79 Å². The zero-order chi connectivity index (χ0) is 12.0. The van der Waals surface area contributed by atoms with Crippen molar-refractivity contribution in [1.29, 1.82) is 0 Å². The lowest BCUT2D eigenvalue weighted by atomic mass is 10.2. The van der Waals surface area contributed by atoms with E-state index in [1.807, 2.05) is 32.2 Å². The summed E-state index contributed by atoms with van der Waals surface area (Å²) in [6.45, 7) is 4.22. The van der Waals surface area contributed by atoms with Crippen LogP contribution in [-0.2, 0) is 4.79 Å². The number of anilines is 1. The van der Waals surface area contributed by atoms with E-state index >= 15 is 0 Å². The van der Waals surface area contributed by atoms with Crippen molar-refractivity contribution in [2.75, 3.05) is 18.9 Å². The SMILES string of the molecule is CNCC=Cc1ccc(NC(C)=O)nc1C. The summed E-state index contributed by atoms with van der Waals surface area (Å²) in [5, 5.41) is 5.68. The van der Waals surface area contributed by atoms with Gasteiger partial charge in [0.2, 0.25) is 5.91 Å². The molecule has 16 heavy (non-hydrogen) atoms. The lowest BCUT2D eigenvalue weighted by molar-refractivity contribution is -0.114. The number of hydrogen-bond acceptors (Lipinski definition) is 3. The van der Waals surface area contributed by atoms with Crippen LogP contribution >= 0.6 is 0 Å². The van der Waals surface area contributed by atoms with E-state index < -0.39 is 0 Å². The van der Waals surface area contributed by atoms with Crippen LogP contribution in [0.3, 0.4) is 0 Å². The minimum Gasteiger partial charge on any atom is -0.316 e. The summed E-state index contributed by atoms with van der Waals surface area (Å²) in [5.74, 6) is 0.487. The number of amides is 1. The van der Waals surface area contributed by atoms with Crippen LogP contribution in [0.15, 0.2) is 18.2 Å². The van der Waals surface area contributed by atoms with Crippen molar-refractivity contribution in [1.82, 2.24) is 10.3 Å². The zero-order valence-corrected chi connectivity index (χ0v) is 9.87. The van der Waals surface area contributed by atoms with E-state index in [1.165, 1.54) is 6.92 Å². The van der Waals surface area contributed by atoms with Crippen LogP contribution in [0.1, 0.15) is 18.2 Å². The molecule has 0 aromatic carbocycles. The van der Waals surface area contributed by atoms with E-state index in [1.54, 1.807) is 6.07 Å². The van der Waals surface area contributed by atoms with E-state index in [2.05, 4.69) is 15.6 Å². The van der Waals surface area contributed by atoms with Gasteiger partial charge in [0.25, 0.3) is 0 Å². The number of nitrogens with one attached hydrogen (secondary N) is 2. The monoisotopic (exact) mass is 219 g/mol. The number of carbonyl (C=O) groups is 1. The number of aromatic nitrogens is 1. The van der Waals surface area contributed by atoms with Gasteiger partial charge in [-0.05, 0) is 31.7 Å². The van der Waals surface area contributed by atoms with E-state index in [-0.39, 0.29) is 5.91 Å². The second-order valence-electron chi connectivity index (χ2n) is 3.51. The number of pyridine rings is 1. The van der Waals surface area contributed by atoms with Crippen molar-refractivity contribution in [2.24, 2.45) is 0 Å². The minimum absolute atomic E-state index is 0.106. The smallest absolute Gasteiger partial charge is 0.222 e. The summed E-state index contributed by atoms with van der Waals surface area (Å²) in [7, 11) is 1.90. The van der Waals surface area contributed by atoms with Crippen LogP contribution in [0.2, 0.25) is 0 Å². The summed E-state index contributed by atoms with van der Waals surface area (Å²) < 4.78 is 0. The number of nitrogens with zero attached hydrogens (tertiary/aromatic N) is 1. The van der Waals surface area contributed by atoms with Gasteiger partial charge in [0.15, 0.2) is 0 Å². The third-order valence-corrected chi connectivity index (χ3v) is 2.05. The maximum absolute atomic E-state index is 10.8. The molecule has 1 amide bonds. The lowest BCUT2D eigenvalue weighted by Gasteiger charge is -2.04. The summed E-state index contributed by atoms with van der Waals surface area (Å²) in [4.78, 5) is 15.1. The predicted octanol–water partition coefficient (Wildman–Crippen LogP) is 1.58. The molecular formula is C12H17N3O. The second-order valence-corrected chi connectivity index (χ2v) is 3.51. The quantitative estimate of drug-likeness (QED) is 0.808. The summed E-state index contributed by atoms with van der Waals surface area (Å²) in [6.07, 6.45) is 4.04. The summed E-state index contributed by atoms with van der Waals surface area (Å²) in [5.41, 5.74) is 1.96. The number of hydrogen-bond donors (Lipinski definition) is 2. The molecule has 0 spiro atoms. The topological polar surface area (TPSA) is 54.0 Å². The first-order valence-corrected chi connectivity index (χ1v) is 5.20. The number of likely N-dealkylation sites (N-methyl/N-ethyl adjacent to an activating group) is 1. The van der Waals surface area contributed by atoms with Gasteiger partial charge in [0.1, 0.15) is 5.82 Å². The second kappa shape index (κ2) is 6.02. The fourth-order valence-electron chi connectivity index (χ4n) is 1.30. The molecule has 0 saturated heterocycles. The molecule has 1 aromatic heterocycles. The summed E-state index contributed by atoms with van der Waals surface area (Å²) >= 11 is 0. The van der Waals surface area contributed by atoms with Crippen molar-refractivity contribution in [3.8, 4) is 0 Å². The highest BCUT2D eigenvalue weighted by Crippen LogP contribution is 2.11. The zero-order valence-electron chi connectivity index (χ0n) is 9.87. The first kappa shape index (κ1) is 12.4. The molecule has 0 bridgehead atoms. The Labute approximate surface area is 95.8 Å². The molecule has 86 valence electrons. The molecule has 0 saturated carbocycles. The molecular weight excluding hydrogens is 202 g/mol. The van der Waals surface area contributed by atoms with Crippen LogP contribution in [0.4, 0.5) is 5.82 Å². The molecule has 2 N–H and O–H groups in total. The highest BCUT2D eigenvalue weighted by Gasteiger charge is 2.00. The van der Waals surface area contributed by atoms with Crippen LogP contribution in [-0.4, -0.2) is 24.5 Å². The van der Waals surface area contributed by atoms with Gasteiger partial charge in [-0.1, -0.05) is 12.2 Å². The lowest BCUT2D eigenvalue weighted by Crippen LogP contribution is -2.08. The Kier molecular flexibility index (Phi) is 4.66. The third-order valence-electron chi connectivity index (χ3n) is 2.05. The van der Waals surface area contributed by atoms with Gasteiger partial charge in [0.05, 0.1) is 0 Å². The third kappa shape index (κ3) is 3.82. The molecule has 4 nitrogen and oxygen atoms in total. The average Bonchev–Trinajstić information content (AvgIpc) is 2.20. The van der Waals surface area contributed by atoms with Crippen LogP contribution in [0, 0.1) is 6.92 Å². The molecule has 4 heteroatoms. The van der Waals surface area contributed by atoms with Crippen molar-refractivity contribution < 1.29 is 4.79 Å². The number of carbonyl (C=O) groups excluding carboxylic acids is 1. The highest BCUT2D eigenvalue weighted by atomic mass is 16.1. The maximum atomic E-state index is 10.8. The molecule has 0 aliphatic rings. The largest absolute Gasteiger partial charge is 0.316 e. The van der Waals surface area contributed by atoms with E-state index in [9.17, 15) is 4.79 Å². The molecule has 1 aromatic rings. The van der Waals surface area contributed by atoms with Gasteiger partial charge >= 0.3 is 0 Å². The first-order valence-electron chi connectivity index (χ1n) is 5.20. The van der Waals surface area contributed by atoms with Gasteiger partial charge in [-0.15, -0.1) is 0 Å². The van der Waals surface area contributed by atoms with Crippen LogP contribution < -0.4 is 10.6 Å². The average molecular weight is 219 g/mol. The molecule has 1 rings (SSSR count). The Bertz CT molecular complexity index is 399. The number of rotatable bonds is 4. The molecule has 0 aliphatic heterocycles. The van der Waals surface area contributed by atoms with Crippen LogP contribution in [0.25, 0.3) is 6.08 Å². The fraction of sp³-hybridized carbons (Fsp3) is 0.333. The van der Waals surface area contributed by atoms with Crippen molar-refractivity contribution in [3.05, 3.63) is 29.5 Å². The van der Waals surface area contributed by atoms with Crippen LogP contribution in [0.5, 0.6) is 0 Å². The van der Waals surface area contributed by atoms with Crippen molar-refractivity contribution in [2.45, 2.75) is 13.8 Å². The maximum Gasteiger partial charge on any atom is 0.222 e. The Morgan fingerprint density at radius 1 is 1.50 bits per heavy atom. The number of aryl methyl sites for hydroxylation is 1. The molecule has 0 radical (unpaired) electrons. The predicted molar refractivity (Wildman–Crippen MR) is 66.2 cm³/mol. The van der Waals surface area contributed by atoms with Gasteiger partial charge in [-0.2, -0.15) is 0 Å². The fourth-order valence-corrected chi connectivity index (χ4v) is 1.30. The van der Waals surface area contributed by atoms with E-state index in [0.29, 0.717) is 5.82 Å². The van der Waals surface area contributed by atoms with E-state index in [4.69, 9.17) is 0 Å². The minimum atomic E-state index is -0.106. The van der Waals surface area contributed by atoms with Gasteiger partial charge in [-0.25, -0.2) is 4.98 Å². The summed E-state index contributed by atoms with van der Waals surface area (Å²) in [6, 6.07) is 3.74. The molecule has 0 aliphatic carbocycles. The Hall–Kier alpha value is -1.68. The van der Waals surface area contributed by atoms with Crippen molar-refractivity contribution in [3.63, 3.8) is 0 Å². The normalized spacial score (nSPS) is 10.7. The molecule has 0 atom stereocenters. The molecule has 1 heterocycles. The first-order chi connectivity index (χ1) is 7.63. The molecule has 0 fully saturated rings. The van der Waals surface area contributed by atoms with Gasteiger partial charge < -0.3 is 10.6 Å².